The first-order valence-corrected chi connectivity index (χ1v) is 8.57. The molecule has 0 unspecified atom stereocenters. The average Bonchev–Trinajstić information content (AvgIpc) is 2.60. The molecule has 0 aliphatic heterocycles. The number of carbonyl (C=O) groups excluding carboxylic acids is 1. The predicted octanol–water partition coefficient (Wildman–Crippen LogP) is 4.67. The van der Waals surface area contributed by atoms with Crippen molar-refractivity contribution in [3.63, 3.8) is 0 Å². The smallest absolute Gasteiger partial charge is 0.262 e. The van der Waals surface area contributed by atoms with Crippen LogP contribution in [0, 0.1) is 0 Å². The molecule has 0 atom stereocenters. The van der Waals surface area contributed by atoms with Gasteiger partial charge in [0.1, 0.15) is 17.2 Å². The van der Waals surface area contributed by atoms with Crippen LogP contribution in [-0.4, -0.2) is 26.7 Å². The lowest BCUT2D eigenvalue weighted by molar-refractivity contribution is -0.118. The van der Waals surface area contributed by atoms with Gasteiger partial charge in [-0.05, 0) is 23.1 Å². The minimum absolute atomic E-state index is 0.0695. The van der Waals surface area contributed by atoms with Crippen LogP contribution >= 0.6 is 11.6 Å². The summed E-state index contributed by atoms with van der Waals surface area (Å²) >= 11 is 6.06. The van der Waals surface area contributed by atoms with Gasteiger partial charge in [0, 0.05) is 12.1 Å². The predicted molar refractivity (Wildman–Crippen MR) is 104 cm³/mol. The van der Waals surface area contributed by atoms with E-state index in [1.54, 1.807) is 12.1 Å². The fraction of sp³-hybridized carbons (Fsp3) is 0.350. The molecule has 140 valence electrons. The first-order chi connectivity index (χ1) is 12.2. The number of benzene rings is 2. The van der Waals surface area contributed by atoms with E-state index in [2.05, 4.69) is 26.1 Å². The molecule has 0 aliphatic carbocycles. The van der Waals surface area contributed by atoms with Gasteiger partial charge < -0.3 is 19.5 Å². The van der Waals surface area contributed by atoms with Crippen molar-refractivity contribution in [3.05, 3.63) is 47.0 Å². The Labute approximate surface area is 159 Å². The summed E-state index contributed by atoms with van der Waals surface area (Å²) in [6.45, 7) is 6.31. The molecular formula is C20H24ClNO4. The van der Waals surface area contributed by atoms with Gasteiger partial charge in [-0.25, -0.2) is 0 Å². The molecule has 2 rings (SSSR count). The van der Waals surface area contributed by atoms with Gasteiger partial charge in [0.25, 0.3) is 5.91 Å². The Morgan fingerprint density at radius 1 is 1.04 bits per heavy atom. The van der Waals surface area contributed by atoms with Crippen LogP contribution in [0.25, 0.3) is 0 Å². The largest absolute Gasteiger partial charge is 0.495 e. The first-order valence-electron chi connectivity index (χ1n) is 8.19. The SMILES string of the molecule is COc1cc(NC(=O)COc2ccc(C(C)(C)C)cc2)c(OC)cc1Cl. The molecule has 2 aromatic carbocycles. The molecule has 0 bridgehead atoms. The number of carbonyl (C=O) groups is 1. The van der Waals surface area contributed by atoms with Crippen LogP contribution in [0.1, 0.15) is 26.3 Å². The maximum atomic E-state index is 12.2. The standard InChI is InChI=1S/C20H24ClNO4/c1-20(2,3)13-6-8-14(9-7-13)26-12-19(23)22-16-11-17(24-4)15(21)10-18(16)25-5/h6-11H,12H2,1-5H3,(H,22,23). The van der Waals surface area contributed by atoms with Crippen LogP contribution in [0.15, 0.2) is 36.4 Å². The Morgan fingerprint density at radius 3 is 2.19 bits per heavy atom. The number of anilines is 1. The molecule has 0 aromatic heterocycles. The zero-order valence-electron chi connectivity index (χ0n) is 15.7. The third-order valence-corrected chi connectivity index (χ3v) is 4.13. The summed E-state index contributed by atoms with van der Waals surface area (Å²) in [5.74, 6) is 1.21. The Hall–Kier alpha value is -2.40. The van der Waals surface area contributed by atoms with Gasteiger partial charge >= 0.3 is 0 Å². The second-order valence-corrected chi connectivity index (χ2v) is 7.21. The summed E-state index contributed by atoms with van der Waals surface area (Å²) in [6, 6.07) is 10.9. The van der Waals surface area contributed by atoms with Crippen molar-refractivity contribution in [2.24, 2.45) is 0 Å². The molecule has 1 N–H and O–H groups in total. The van der Waals surface area contributed by atoms with Crippen molar-refractivity contribution in [2.75, 3.05) is 26.1 Å². The maximum absolute atomic E-state index is 12.2. The molecule has 0 radical (unpaired) electrons. The second kappa shape index (κ2) is 8.32. The molecule has 0 heterocycles. The highest BCUT2D eigenvalue weighted by Crippen LogP contribution is 2.35. The van der Waals surface area contributed by atoms with Crippen molar-refractivity contribution in [1.82, 2.24) is 0 Å². The molecule has 0 saturated heterocycles. The van der Waals surface area contributed by atoms with Crippen molar-refractivity contribution < 1.29 is 19.0 Å². The molecule has 2 aromatic rings. The van der Waals surface area contributed by atoms with Crippen LogP contribution in [0.4, 0.5) is 5.69 Å². The second-order valence-electron chi connectivity index (χ2n) is 6.80. The Morgan fingerprint density at radius 2 is 1.65 bits per heavy atom. The minimum Gasteiger partial charge on any atom is -0.495 e. The number of hydrogen-bond acceptors (Lipinski definition) is 4. The van der Waals surface area contributed by atoms with Gasteiger partial charge in [-0.15, -0.1) is 0 Å². The number of methoxy groups -OCH3 is 2. The van der Waals surface area contributed by atoms with Crippen molar-refractivity contribution in [3.8, 4) is 17.2 Å². The fourth-order valence-electron chi connectivity index (χ4n) is 2.34. The van der Waals surface area contributed by atoms with E-state index < -0.39 is 0 Å². The van der Waals surface area contributed by atoms with E-state index in [0.717, 1.165) is 0 Å². The van der Waals surface area contributed by atoms with E-state index >= 15 is 0 Å². The van der Waals surface area contributed by atoms with Gasteiger partial charge in [0.2, 0.25) is 0 Å². The quantitative estimate of drug-likeness (QED) is 0.794. The number of nitrogens with one attached hydrogen (secondary N) is 1. The van der Waals surface area contributed by atoms with E-state index in [1.165, 1.54) is 19.8 Å². The summed E-state index contributed by atoms with van der Waals surface area (Å²) in [5.41, 5.74) is 1.73. The van der Waals surface area contributed by atoms with Crippen LogP contribution < -0.4 is 19.5 Å². The maximum Gasteiger partial charge on any atom is 0.262 e. The summed E-state index contributed by atoms with van der Waals surface area (Å²) in [4.78, 5) is 12.2. The molecule has 0 saturated carbocycles. The highest BCUT2D eigenvalue weighted by Gasteiger charge is 2.15. The minimum atomic E-state index is -0.312. The van der Waals surface area contributed by atoms with E-state index in [1.807, 2.05) is 24.3 Å². The summed E-state index contributed by atoms with van der Waals surface area (Å²) in [5, 5.41) is 3.14. The third-order valence-electron chi connectivity index (χ3n) is 3.84. The van der Waals surface area contributed by atoms with Gasteiger partial charge in [-0.2, -0.15) is 0 Å². The van der Waals surface area contributed by atoms with E-state index in [9.17, 15) is 4.79 Å². The normalized spacial score (nSPS) is 11.0. The molecule has 6 heteroatoms. The fourth-order valence-corrected chi connectivity index (χ4v) is 2.58. The molecular weight excluding hydrogens is 354 g/mol. The van der Waals surface area contributed by atoms with Gasteiger partial charge in [0.05, 0.1) is 24.9 Å². The average molecular weight is 378 g/mol. The lowest BCUT2D eigenvalue weighted by Crippen LogP contribution is -2.20. The van der Waals surface area contributed by atoms with Crippen molar-refractivity contribution >= 4 is 23.2 Å². The van der Waals surface area contributed by atoms with E-state index in [-0.39, 0.29) is 17.9 Å². The monoisotopic (exact) mass is 377 g/mol. The number of rotatable bonds is 6. The number of ether oxygens (including phenoxy) is 3. The topological polar surface area (TPSA) is 56.8 Å². The van der Waals surface area contributed by atoms with Crippen LogP contribution in [-0.2, 0) is 10.2 Å². The molecule has 0 fully saturated rings. The van der Waals surface area contributed by atoms with E-state index in [4.69, 9.17) is 25.8 Å². The summed E-state index contributed by atoms with van der Waals surface area (Å²) in [6.07, 6.45) is 0. The first kappa shape index (κ1) is 19.9. The summed E-state index contributed by atoms with van der Waals surface area (Å²) < 4.78 is 16.0. The Bertz CT molecular complexity index is 767. The summed E-state index contributed by atoms with van der Waals surface area (Å²) in [7, 11) is 3.00. The molecule has 0 spiro atoms. The highest BCUT2D eigenvalue weighted by molar-refractivity contribution is 6.32. The zero-order chi connectivity index (χ0) is 19.3. The van der Waals surface area contributed by atoms with Crippen molar-refractivity contribution in [2.45, 2.75) is 26.2 Å². The van der Waals surface area contributed by atoms with Gasteiger partial charge in [-0.3, -0.25) is 4.79 Å². The number of halogens is 1. The molecule has 5 nitrogen and oxygen atoms in total. The van der Waals surface area contributed by atoms with Gasteiger partial charge in [-0.1, -0.05) is 44.5 Å². The lowest BCUT2D eigenvalue weighted by atomic mass is 9.87. The molecule has 1 amide bonds. The van der Waals surface area contributed by atoms with Crippen molar-refractivity contribution in [1.29, 1.82) is 0 Å². The zero-order valence-corrected chi connectivity index (χ0v) is 16.4. The molecule has 0 aliphatic rings. The van der Waals surface area contributed by atoms with Crippen LogP contribution in [0.5, 0.6) is 17.2 Å². The third kappa shape index (κ3) is 5.05. The number of amides is 1. The van der Waals surface area contributed by atoms with Crippen LogP contribution in [0.3, 0.4) is 0 Å². The Balaban J connectivity index is 2.01. The number of hydrogen-bond donors (Lipinski definition) is 1. The molecule has 26 heavy (non-hydrogen) atoms. The van der Waals surface area contributed by atoms with Gasteiger partial charge in [0.15, 0.2) is 6.61 Å². The van der Waals surface area contributed by atoms with E-state index in [0.29, 0.717) is 28.0 Å². The highest BCUT2D eigenvalue weighted by atomic mass is 35.5. The van der Waals surface area contributed by atoms with Crippen LogP contribution in [0.2, 0.25) is 5.02 Å². The Kier molecular flexibility index (Phi) is 6.37. The lowest BCUT2D eigenvalue weighted by Gasteiger charge is -2.19.